The van der Waals surface area contributed by atoms with Crippen molar-refractivity contribution < 1.29 is 0 Å². The zero-order valence-electron chi connectivity index (χ0n) is 7.61. The first kappa shape index (κ1) is 8.56. The van der Waals surface area contributed by atoms with Gasteiger partial charge in [0.05, 0.1) is 0 Å². The summed E-state index contributed by atoms with van der Waals surface area (Å²) in [5.74, 6) is 0. The van der Waals surface area contributed by atoms with Crippen LogP contribution in [0.2, 0.25) is 0 Å². The fourth-order valence-electron chi connectivity index (χ4n) is 1.20. The van der Waals surface area contributed by atoms with Crippen LogP contribution in [0.4, 0.5) is 0 Å². The largest absolute Gasteiger partial charge is 0.283 e. The van der Waals surface area contributed by atoms with Crippen LogP contribution in [0, 0.1) is 0 Å². The second-order valence-corrected chi connectivity index (χ2v) is 4.11. The molecule has 0 aliphatic heterocycles. The lowest BCUT2D eigenvalue weighted by Crippen LogP contribution is -1.88. The monoisotopic (exact) mass is 193 g/mol. The smallest absolute Gasteiger partial charge is 0.111 e. The number of hydrogen-bond donors (Lipinski definition) is 1. The second kappa shape index (κ2) is 3.38. The molecule has 1 atom stereocenters. The lowest BCUT2D eigenvalue weighted by atomic mass is 10.2. The number of aromatic amines is 1. The fourth-order valence-corrected chi connectivity index (χ4v) is 1.60. The predicted molar refractivity (Wildman–Crippen MR) is 55.8 cm³/mol. The summed E-state index contributed by atoms with van der Waals surface area (Å²) in [6, 6.07) is 2.08. The molecule has 13 heavy (non-hydrogen) atoms. The van der Waals surface area contributed by atoms with E-state index in [-0.39, 0.29) is 0 Å². The second-order valence-electron chi connectivity index (χ2n) is 2.94. The van der Waals surface area contributed by atoms with E-state index in [0.717, 1.165) is 11.0 Å². The van der Waals surface area contributed by atoms with E-state index >= 15 is 0 Å². The first-order valence-electron chi connectivity index (χ1n) is 4.13. The molecular formula is C9H11N3S. The summed E-state index contributed by atoms with van der Waals surface area (Å²) in [6.45, 7) is 2.17. The van der Waals surface area contributed by atoms with Gasteiger partial charge in [0.15, 0.2) is 0 Å². The highest BCUT2D eigenvalue weighted by molar-refractivity contribution is 7.98. The molecule has 2 aromatic heterocycles. The zero-order chi connectivity index (χ0) is 9.26. The minimum Gasteiger partial charge on any atom is -0.283 e. The van der Waals surface area contributed by atoms with Gasteiger partial charge in [-0.15, -0.1) is 0 Å². The summed E-state index contributed by atoms with van der Waals surface area (Å²) in [5.41, 5.74) is 3.10. The van der Waals surface area contributed by atoms with Crippen LogP contribution < -0.4 is 0 Å². The highest BCUT2D eigenvalue weighted by Gasteiger charge is 2.05. The van der Waals surface area contributed by atoms with Crippen LogP contribution in [0.3, 0.4) is 0 Å². The van der Waals surface area contributed by atoms with Gasteiger partial charge in [-0.3, -0.25) is 10.1 Å². The topological polar surface area (TPSA) is 41.6 Å². The Labute approximate surface area is 80.9 Å². The summed E-state index contributed by atoms with van der Waals surface area (Å²) in [5, 5.41) is 7.38. The molecule has 0 radical (unpaired) electrons. The van der Waals surface area contributed by atoms with Crippen molar-refractivity contribution in [3.05, 3.63) is 24.0 Å². The summed E-state index contributed by atoms with van der Waals surface area (Å²) < 4.78 is 0. The van der Waals surface area contributed by atoms with E-state index in [2.05, 4.69) is 34.4 Å². The van der Waals surface area contributed by atoms with Crippen molar-refractivity contribution >= 4 is 22.8 Å². The molecule has 0 bridgehead atoms. The third-order valence-corrected chi connectivity index (χ3v) is 3.11. The number of rotatable bonds is 2. The summed E-state index contributed by atoms with van der Waals surface area (Å²) in [7, 11) is 0. The van der Waals surface area contributed by atoms with Gasteiger partial charge in [-0.2, -0.15) is 16.9 Å². The Bertz CT molecular complexity index is 410. The predicted octanol–water partition coefficient (Wildman–Crippen LogP) is 2.38. The Hall–Kier alpha value is -1.03. The van der Waals surface area contributed by atoms with Crippen LogP contribution in [0.5, 0.6) is 0 Å². The Morgan fingerprint density at radius 3 is 3.08 bits per heavy atom. The Kier molecular flexibility index (Phi) is 2.22. The summed E-state index contributed by atoms with van der Waals surface area (Å²) in [6.07, 6.45) is 5.82. The summed E-state index contributed by atoms with van der Waals surface area (Å²) >= 11 is 1.81. The van der Waals surface area contributed by atoms with Crippen molar-refractivity contribution in [2.45, 2.75) is 12.2 Å². The first-order valence-corrected chi connectivity index (χ1v) is 5.42. The molecule has 2 aromatic rings. The Balaban J connectivity index is 2.48. The maximum Gasteiger partial charge on any atom is 0.111 e. The molecule has 1 unspecified atom stereocenters. The molecule has 3 nitrogen and oxygen atoms in total. The SMILES string of the molecule is CSC(C)c1cnc2c[nH]nc2c1. The number of H-pyrrole nitrogens is 1. The molecule has 2 heterocycles. The molecule has 0 saturated carbocycles. The first-order chi connectivity index (χ1) is 6.31. The van der Waals surface area contributed by atoms with Gasteiger partial charge < -0.3 is 0 Å². The van der Waals surface area contributed by atoms with Crippen molar-refractivity contribution in [2.75, 3.05) is 6.26 Å². The van der Waals surface area contributed by atoms with Gasteiger partial charge in [0.25, 0.3) is 0 Å². The molecule has 0 amide bonds. The highest BCUT2D eigenvalue weighted by atomic mass is 32.2. The average molecular weight is 193 g/mol. The van der Waals surface area contributed by atoms with E-state index in [1.165, 1.54) is 5.56 Å². The molecule has 0 saturated heterocycles. The standard InChI is InChI=1S/C9H11N3S/c1-6(13-2)7-3-8-9(10-4-7)5-11-12-8/h3-6H,1-2H3,(H,11,12). The number of aromatic nitrogens is 3. The van der Waals surface area contributed by atoms with Crippen molar-refractivity contribution in [1.82, 2.24) is 15.2 Å². The minimum atomic E-state index is 0.480. The maximum atomic E-state index is 4.30. The van der Waals surface area contributed by atoms with Gasteiger partial charge in [-0.1, -0.05) is 0 Å². The van der Waals surface area contributed by atoms with E-state index in [4.69, 9.17) is 0 Å². The molecular weight excluding hydrogens is 182 g/mol. The Morgan fingerprint density at radius 2 is 2.31 bits per heavy atom. The molecule has 0 fully saturated rings. The average Bonchev–Trinajstić information content (AvgIpc) is 2.63. The fraction of sp³-hybridized carbons (Fsp3) is 0.333. The van der Waals surface area contributed by atoms with E-state index in [0.29, 0.717) is 5.25 Å². The third kappa shape index (κ3) is 1.54. The quantitative estimate of drug-likeness (QED) is 0.796. The minimum absolute atomic E-state index is 0.480. The third-order valence-electron chi connectivity index (χ3n) is 2.13. The molecule has 0 spiro atoms. The number of nitrogens with zero attached hydrogens (tertiary/aromatic N) is 2. The van der Waals surface area contributed by atoms with Gasteiger partial charge >= 0.3 is 0 Å². The molecule has 2 rings (SSSR count). The van der Waals surface area contributed by atoms with E-state index in [1.54, 1.807) is 0 Å². The zero-order valence-corrected chi connectivity index (χ0v) is 8.43. The lowest BCUT2D eigenvalue weighted by molar-refractivity contribution is 1.08. The van der Waals surface area contributed by atoms with Gasteiger partial charge in [0.1, 0.15) is 11.0 Å². The Morgan fingerprint density at radius 1 is 1.46 bits per heavy atom. The number of nitrogens with one attached hydrogen (secondary N) is 1. The van der Waals surface area contributed by atoms with Crippen LogP contribution in [0.15, 0.2) is 18.5 Å². The number of pyridine rings is 1. The molecule has 0 aliphatic rings. The molecule has 4 heteroatoms. The normalized spacial score (nSPS) is 13.4. The lowest BCUT2D eigenvalue weighted by Gasteiger charge is -2.06. The van der Waals surface area contributed by atoms with E-state index in [9.17, 15) is 0 Å². The van der Waals surface area contributed by atoms with E-state index < -0.39 is 0 Å². The van der Waals surface area contributed by atoms with E-state index in [1.807, 2.05) is 24.2 Å². The van der Waals surface area contributed by atoms with Gasteiger partial charge in [0, 0.05) is 17.6 Å². The summed E-state index contributed by atoms with van der Waals surface area (Å²) in [4.78, 5) is 4.30. The van der Waals surface area contributed by atoms with Crippen LogP contribution in [-0.4, -0.2) is 21.4 Å². The highest BCUT2D eigenvalue weighted by Crippen LogP contribution is 2.26. The van der Waals surface area contributed by atoms with Gasteiger partial charge in [-0.05, 0) is 24.8 Å². The van der Waals surface area contributed by atoms with Crippen LogP contribution in [0.25, 0.3) is 11.0 Å². The molecule has 0 aromatic carbocycles. The van der Waals surface area contributed by atoms with Crippen LogP contribution in [0.1, 0.15) is 17.7 Å². The van der Waals surface area contributed by atoms with Crippen molar-refractivity contribution in [3.8, 4) is 0 Å². The van der Waals surface area contributed by atoms with Crippen molar-refractivity contribution in [2.24, 2.45) is 0 Å². The number of hydrogen-bond acceptors (Lipinski definition) is 3. The molecule has 0 aliphatic carbocycles. The van der Waals surface area contributed by atoms with Gasteiger partial charge in [-0.25, -0.2) is 0 Å². The maximum absolute atomic E-state index is 4.30. The van der Waals surface area contributed by atoms with Gasteiger partial charge in [0.2, 0.25) is 0 Å². The van der Waals surface area contributed by atoms with Crippen molar-refractivity contribution in [1.29, 1.82) is 0 Å². The molecule has 68 valence electrons. The number of fused-ring (bicyclic) bond motifs is 1. The van der Waals surface area contributed by atoms with Crippen LogP contribution >= 0.6 is 11.8 Å². The molecule has 1 N–H and O–H groups in total. The van der Waals surface area contributed by atoms with Crippen molar-refractivity contribution in [3.63, 3.8) is 0 Å². The number of thioether (sulfide) groups is 1. The van der Waals surface area contributed by atoms with Crippen LogP contribution in [-0.2, 0) is 0 Å².